The zero-order valence-electron chi connectivity index (χ0n) is 17.4. The van der Waals surface area contributed by atoms with E-state index in [1.54, 1.807) is 7.11 Å². The predicted molar refractivity (Wildman–Crippen MR) is 116 cm³/mol. The molecule has 0 aromatic carbocycles. The summed E-state index contributed by atoms with van der Waals surface area (Å²) in [7, 11) is 1.73. The fourth-order valence-corrected chi connectivity index (χ4v) is 5.73. The van der Waals surface area contributed by atoms with Crippen LogP contribution in [0.3, 0.4) is 0 Å². The summed E-state index contributed by atoms with van der Waals surface area (Å²) in [5.41, 5.74) is 8.98. The van der Waals surface area contributed by atoms with Crippen molar-refractivity contribution in [3.8, 4) is 0 Å². The number of aromatic nitrogens is 3. The van der Waals surface area contributed by atoms with Crippen molar-refractivity contribution in [2.24, 2.45) is 11.7 Å². The van der Waals surface area contributed by atoms with Gasteiger partial charge < -0.3 is 15.5 Å². The molecular weight excluding hydrogens is 378 g/mol. The van der Waals surface area contributed by atoms with Crippen LogP contribution in [0.5, 0.6) is 0 Å². The van der Waals surface area contributed by atoms with Crippen molar-refractivity contribution in [2.45, 2.75) is 50.1 Å². The van der Waals surface area contributed by atoms with Gasteiger partial charge in [-0.3, -0.25) is 14.7 Å². The van der Waals surface area contributed by atoms with E-state index in [1.165, 1.54) is 10.9 Å². The number of primary amides is 1. The van der Waals surface area contributed by atoms with Crippen molar-refractivity contribution < 1.29 is 9.53 Å². The minimum absolute atomic E-state index is 0.154. The lowest BCUT2D eigenvalue weighted by Gasteiger charge is -2.37. The molecule has 0 bridgehead atoms. The van der Waals surface area contributed by atoms with Crippen LogP contribution in [0.2, 0.25) is 0 Å². The average molecular weight is 408 g/mol. The molecule has 0 radical (unpaired) electrons. The van der Waals surface area contributed by atoms with Gasteiger partial charge in [-0.1, -0.05) is 0 Å². The van der Waals surface area contributed by atoms with Gasteiger partial charge in [-0.05, 0) is 61.6 Å². The SMILES string of the molecule is COCC1CC(C(N)=O)N(C2CCC(c3ccnc4cnc5[nH]ccc5c34)CC2)C1. The fraction of sp³-hybridized carbons (Fsp3) is 0.522. The standard InChI is InChI=1S/C23H29N5O2/c1-30-13-14-10-20(22(24)29)28(12-14)16-4-2-15(3-5-16)17-6-8-25-19-11-27-23-18(21(17)19)7-9-26-23/h6-9,11,14-16,20H,2-5,10,12-13H2,1H3,(H2,24,29)(H,26,27). The van der Waals surface area contributed by atoms with E-state index in [2.05, 4.69) is 32.0 Å². The van der Waals surface area contributed by atoms with Crippen molar-refractivity contribution in [3.63, 3.8) is 0 Å². The maximum Gasteiger partial charge on any atom is 0.234 e. The summed E-state index contributed by atoms with van der Waals surface area (Å²) in [6, 6.07) is 4.54. The Bertz CT molecular complexity index is 1060. The molecule has 2 unspecified atom stereocenters. The highest BCUT2D eigenvalue weighted by atomic mass is 16.5. The Morgan fingerprint density at radius 1 is 1.27 bits per heavy atom. The smallest absolute Gasteiger partial charge is 0.234 e. The van der Waals surface area contributed by atoms with Crippen LogP contribution in [0.25, 0.3) is 21.9 Å². The number of methoxy groups -OCH3 is 1. The minimum Gasteiger partial charge on any atom is -0.384 e. The number of nitrogens with zero attached hydrogens (tertiary/aromatic N) is 3. The number of rotatable bonds is 5. The van der Waals surface area contributed by atoms with Crippen molar-refractivity contribution in [2.75, 3.05) is 20.3 Å². The summed E-state index contributed by atoms with van der Waals surface area (Å²) in [6.07, 6.45) is 10.9. The fourth-order valence-electron chi connectivity index (χ4n) is 5.73. The molecule has 3 aromatic heterocycles. The van der Waals surface area contributed by atoms with E-state index in [1.807, 2.05) is 18.6 Å². The quantitative estimate of drug-likeness (QED) is 0.678. The predicted octanol–water partition coefficient (Wildman–Crippen LogP) is 2.96. The normalized spacial score (nSPS) is 27.8. The molecule has 4 heterocycles. The Hall–Kier alpha value is -2.51. The first kappa shape index (κ1) is 19.5. The van der Waals surface area contributed by atoms with Crippen LogP contribution < -0.4 is 5.73 Å². The van der Waals surface area contributed by atoms with E-state index in [-0.39, 0.29) is 11.9 Å². The van der Waals surface area contributed by atoms with Gasteiger partial charge in [0.2, 0.25) is 5.91 Å². The first-order valence-electron chi connectivity index (χ1n) is 10.9. The topological polar surface area (TPSA) is 97.1 Å². The van der Waals surface area contributed by atoms with Crippen molar-refractivity contribution in [3.05, 3.63) is 36.3 Å². The van der Waals surface area contributed by atoms with Crippen LogP contribution in [0.1, 0.15) is 43.6 Å². The third-order valence-electron chi connectivity index (χ3n) is 7.09. The summed E-state index contributed by atoms with van der Waals surface area (Å²) in [4.78, 5) is 26.7. The number of H-pyrrole nitrogens is 1. The number of hydrogen-bond acceptors (Lipinski definition) is 5. The molecular formula is C23H29N5O2. The Labute approximate surface area is 176 Å². The summed E-state index contributed by atoms with van der Waals surface area (Å²) in [5.74, 6) is 0.693. The molecule has 7 heteroatoms. The number of likely N-dealkylation sites (tertiary alicyclic amines) is 1. The Kier molecular flexibility index (Phi) is 5.16. The molecule has 30 heavy (non-hydrogen) atoms. The zero-order valence-corrected chi connectivity index (χ0v) is 17.4. The Balaban J connectivity index is 1.36. The molecule has 158 valence electrons. The van der Waals surface area contributed by atoms with Gasteiger partial charge in [0.25, 0.3) is 0 Å². The molecule has 2 aliphatic rings. The van der Waals surface area contributed by atoms with Gasteiger partial charge in [0, 0.05) is 42.9 Å². The van der Waals surface area contributed by atoms with Gasteiger partial charge in [-0.2, -0.15) is 0 Å². The summed E-state index contributed by atoms with van der Waals surface area (Å²) >= 11 is 0. The average Bonchev–Trinajstić information content (AvgIpc) is 3.41. The largest absolute Gasteiger partial charge is 0.384 e. The molecule has 1 saturated carbocycles. The van der Waals surface area contributed by atoms with Gasteiger partial charge in [0.05, 0.1) is 24.4 Å². The molecule has 7 nitrogen and oxygen atoms in total. The van der Waals surface area contributed by atoms with Gasteiger partial charge in [0.1, 0.15) is 5.65 Å². The lowest BCUT2D eigenvalue weighted by Crippen LogP contribution is -2.47. The van der Waals surface area contributed by atoms with E-state index in [9.17, 15) is 4.79 Å². The lowest BCUT2D eigenvalue weighted by molar-refractivity contribution is -0.123. The van der Waals surface area contributed by atoms with Gasteiger partial charge in [-0.15, -0.1) is 0 Å². The number of carbonyl (C=O) groups is 1. The number of fused-ring (bicyclic) bond motifs is 3. The lowest BCUT2D eigenvalue weighted by atomic mass is 9.80. The first-order valence-corrected chi connectivity index (χ1v) is 10.9. The molecule has 5 rings (SSSR count). The summed E-state index contributed by atoms with van der Waals surface area (Å²) in [5, 5.41) is 2.37. The number of carbonyl (C=O) groups excluding carboxylic acids is 1. The van der Waals surface area contributed by atoms with Crippen LogP contribution in [0.4, 0.5) is 0 Å². The number of nitrogens with two attached hydrogens (primary N) is 1. The van der Waals surface area contributed by atoms with E-state index in [0.717, 1.165) is 55.2 Å². The van der Waals surface area contributed by atoms with Crippen molar-refractivity contribution >= 4 is 27.8 Å². The van der Waals surface area contributed by atoms with Crippen LogP contribution in [-0.4, -0.2) is 58.1 Å². The Morgan fingerprint density at radius 3 is 2.87 bits per heavy atom. The Morgan fingerprint density at radius 2 is 2.10 bits per heavy atom. The number of aromatic amines is 1. The van der Waals surface area contributed by atoms with Crippen LogP contribution in [-0.2, 0) is 9.53 Å². The second kappa shape index (κ2) is 7.96. The zero-order chi connectivity index (χ0) is 20.7. The monoisotopic (exact) mass is 407 g/mol. The number of nitrogens with one attached hydrogen (secondary N) is 1. The third-order valence-corrected chi connectivity index (χ3v) is 7.09. The number of amides is 1. The van der Waals surface area contributed by atoms with Crippen LogP contribution in [0.15, 0.2) is 30.7 Å². The molecule has 1 amide bonds. The van der Waals surface area contributed by atoms with E-state index in [0.29, 0.717) is 24.5 Å². The highest BCUT2D eigenvalue weighted by Gasteiger charge is 2.40. The second-order valence-corrected chi connectivity index (χ2v) is 8.84. The molecule has 0 spiro atoms. The molecule has 3 aromatic rings. The summed E-state index contributed by atoms with van der Waals surface area (Å²) < 4.78 is 5.34. The number of ether oxygens (including phenoxy) is 1. The van der Waals surface area contributed by atoms with Gasteiger partial charge in [-0.25, -0.2) is 4.98 Å². The maximum absolute atomic E-state index is 12.1. The highest BCUT2D eigenvalue weighted by Crippen LogP contribution is 2.41. The van der Waals surface area contributed by atoms with Crippen LogP contribution >= 0.6 is 0 Å². The van der Waals surface area contributed by atoms with Gasteiger partial charge in [0.15, 0.2) is 0 Å². The van der Waals surface area contributed by atoms with E-state index >= 15 is 0 Å². The first-order chi connectivity index (χ1) is 14.7. The second-order valence-electron chi connectivity index (χ2n) is 8.84. The number of pyridine rings is 2. The minimum atomic E-state index is -0.196. The van der Waals surface area contributed by atoms with Crippen molar-refractivity contribution in [1.29, 1.82) is 0 Å². The van der Waals surface area contributed by atoms with E-state index in [4.69, 9.17) is 10.5 Å². The third kappa shape index (κ3) is 3.36. The molecule has 1 aliphatic heterocycles. The molecule has 2 atom stereocenters. The van der Waals surface area contributed by atoms with Crippen LogP contribution in [0, 0.1) is 5.92 Å². The maximum atomic E-state index is 12.1. The number of hydrogen-bond donors (Lipinski definition) is 2. The molecule has 2 fully saturated rings. The highest BCUT2D eigenvalue weighted by molar-refractivity contribution is 6.05. The molecule has 3 N–H and O–H groups in total. The summed E-state index contributed by atoms with van der Waals surface area (Å²) in [6.45, 7) is 1.60. The van der Waals surface area contributed by atoms with Crippen molar-refractivity contribution in [1.82, 2.24) is 19.9 Å². The van der Waals surface area contributed by atoms with Gasteiger partial charge >= 0.3 is 0 Å². The molecule has 1 saturated heterocycles. The van der Waals surface area contributed by atoms with E-state index < -0.39 is 0 Å². The molecule has 1 aliphatic carbocycles.